The van der Waals surface area contributed by atoms with E-state index in [0.29, 0.717) is 6.54 Å². The molecule has 3 nitrogen and oxygen atoms in total. The molecule has 1 unspecified atom stereocenters. The first kappa shape index (κ1) is 11.1. The van der Waals surface area contributed by atoms with E-state index in [1.807, 2.05) is 11.8 Å². The van der Waals surface area contributed by atoms with E-state index in [-0.39, 0.29) is 11.9 Å². The Morgan fingerprint density at radius 2 is 2.14 bits per heavy atom. The first-order valence-electron chi connectivity index (χ1n) is 5.17. The average Bonchev–Trinajstić information content (AvgIpc) is 2.69. The van der Waals surface area contributed by atoms with Gasteiger partial charge >= 0.3 is 0 Å². The molecule has 1 amide bonds. The molecule has 14 heavy (non-hydrogen) atoms. The highest BCUT2D eigenvalue weighted by molar-refractivity contribution is 5.81. The molecule has 1 N–H and O–H groups in total. The fourth-order valence-electron chi connectivity index (χ4n) is 1.59. The van der Waals surface area contributed by atoms with Crippen LogP contribution in [0.15, 0.2) is 0 Å². The number of carbonyl (C=O) groups excluding carboxylic acids is 1. The monoisotopic (exact) mass is 194 g/mol. The van der Waals surface area contributed by atoms with Gasteiger partial charge in [0.05, 0.1) is 12.6 Å². The Kier molecular flexibility index (Phi) is 4.48. The summed E-state index contributed by atoms with van der Waals surface area (Å²) in [5.41, 5.74) is 0. The van der Waals surface area contributed by atoms with E-state index in [9.17, 15) is 4.79 Å². The lowest BCUT2D eigenvalue weighted by Crippen LogP contribution is -2.43. The van der Waals surface area contributed by atoms with Crippen LogP contribution >= 0.6 is 0 Å². The first-order chi connectivity index (χ1) is 6.75. The smallest absolute Gasteiger partial charge is 0.239 e. The third-order valence-corrected chi connectivity index (χ3v) is 2.46. The van der Waals surface area contributed by atoms with Crippen molar-refractivity contribution in [1.29, 1.82) is 0 Å². The van der Waals surface area contributed by atoms with Gasteiger partial charge in [0.25, 0.3) is 0 Å². The number of hydrogen-bond acceptors (Lipinski definition) is 2. The molecule has 1 aliphatic rings. The van der Waals surface area contributed by atoms with E-state index < -0.39 is 0 Å². The lowest BCUT2D eigenvalue weighted by Gasteiger charge is -2.20. The summed E-state index contributed by atoms with van der Waals surface area (Å²) >= 11 is 0. The van der Waals surface area contributed by atoms with Gasteiger partial charge in [-0.3, -0.25) is 10.1 Å². The van der Waals surface area contributed by atoms with Crippen molar-refractivity contribution >= 4 is 5.91 Å². The van der Waals surface area contributed by atoms with Crippen molar-refractivity contribution in [3.63, 3.8) is 0 Å². The second-order valence-corrected chi connectivity index (χ2v) is 3.56. The van der Waals surface area contributed by atoms with Crippen molar-refractivity contribution in [2.45, 2.75) is 32.7 Å². The predicted molar refractivity (Wildman–Crippen MR) is 56.7 cm³/mol. The number of likely N-dealkylation sites (tertiary alicyclic amines) is 1. The van der Waals surface area contributed by atoms with Gasteiger partial charge in [0.1, 0.15) is 0 Å². The second kappa shape index (κ2) is 5.66. The SMILES string of the molecule is CC#CCNC(C)C(=O)N1CCCC1. The molecule has 1 rings (SSSR count). The van der Waals surface area contributed by atoms with Crippen molar-refractivity contribution in [2.75, 3.05) is 19.6 Å². The lowest BCUT2D eigenvalue weighted by atomic mass is 10.3. The molecule has 0 radical (unpaired) electrons. The quantitative estimate of drug-likeness (QED) is 0.668. The number of nitrogens with one attached hydrogen (secondary N) is 1. The van der Waals surface area contributed by atoms with Crippen LogP contribution in [-0.4, -0.2) is 36.5 Å². The standard InChI is InChI=1S/C11H18N2O/c1-3-4-7-12-10(2)11(14)13-8-5-6-9-13/h10,12H,5-9H2,1-2H3. The van der Waals surface area contributed by atoms with Crippen LogP contribution in [0.25, 0.3) is 0 Å². The molecule has 1 atom stereocenters. The number of nitrogens with zero attached hydrogens (tertiary/aromatic N) is 1. The molecule has 0 aromatic carbocycles. The minimum Gasteiger partial charge on any atom is -0.341 e. The van der Waals surface area contributed by atoms with Crippen molar-refractivity contribution in [3.8, 4) is 11.8 Å². The molecular weight excluding hydrogens is 176 g/mol. The highest BCUT2D eigenvalue weighted by atomic mass is 16.2. The zero-order valence-electron chi connectivity index (χ0n) is 8.97. The molecular formula is C11H18N2O. The van der Waals surface area contributed by atoms with Crippen molar-refractivity contribution in [2.24, 2.45) is 0 Å². The first-order valence-corrected chi connectivity index (χ1v) is 5.17. The number of hydrogen-bond donors (Lipinski definition) is 1. The van der Waals surface area contributed by atoms with Gasteiger partial charge in [-0.25, -0.2) is 0 Å². The minimum absolute atomic E-state index is 0.103. The van der Waals surface area contributed by atoms with Crippen LogP contribution in [0.5, 0.6) is 0 Å². The predicted octanol–water partition coefficient (Wildman–Crippen LogP) is 0.610. The lowest BCUT2D eigenvalue weighted by molar-refractivity contribution is -0.131. The van der Waals surface area contributed by atoms with Crippen LogP contribution in [0, 0.1) is 11.8 Å². The molecule has 1 saturated heterocycles. The fourth-order valence-corrected chi connectivity index (χ4v) is 1.59. The summed E-state index contributed by atoms with van der Waals surface area (Å²) in [4.78, 5) is 13.7. The maximum Gasteiger partial charge on any atom is 0.239 e. The second-order valence-electron chi connectivity index (χ2n) is 3.56. The molecule has 0 aliphatic carbocycles. The third-order valence-electron chi connectivity index (χ3n) is 2.46. The molecule has 0 spiro atoms. The maximum atomic E-state index is 11.8. The summed E-state index contributed by atoms with van der Waals surface area (Å²) in [6.45, 7) is 6.14. The van der Waals surface area contributed by atoms with E-state index in [1.165, 1.54) is 0 Å². The molecule has 0 aromatic heterocycles. The Bertz CT molecular complexity index is 246. The Labute approximate surface area is 85.9 Å². The molecule has 3 heteroatoms. The highest BCUT2D eigenvalue weighted by Crippen LogP contribution is 2.08. The van der Waals surface area contributed by atoms with E-state index in [0.717, 1.165) is 25.9 Å². The zero-order valence-corrected chi connectivity index (χ0v) is 8.97. The summed E-state index contributed by atoms with van der Waals surface area (Å²) < 4.78 is 0. The zero-order chi connectivity index (χ0) is 10.4. The molecule has 1 fully saturated rings. The molecule has 0 bridgehead atoms. The Morgan fingerprint density at radius 1 is 1.50 bits per heavy atom. The van der Waals surface area contributed by atoms with Crippen LogP contribution in [-0.2, 0) is 4.79 Å². The van der Waals surface area contributed by atoms with Gasteiger partial charge in [-0.15, -0.1) is 5.92 Å². The van der Waals surface area contributed by atoms with Gasteiger partial charge in [0.2, 0.25) is 5.91 Å². The van der Waals surface area contributed by atoms with Crippen LogP contribution in [0.1, 0.15) is 26.7 Å². The van der Waals surface area contributed by atoms with Crippen LogP contribution in [0.2, 0.25) is 0 Å². The van der Waals surface area contributed by atoms with Gasteiger partial charge in [-0.1, -0.05) is 5.92 Å². The van der Waals surface area contributed by atoms with Crippen LogP contribution < -0.4 is 5.32 Å². The molecule has 78 valence electrons. The molecule has 0 aromatic rings. The molecule has 0 saturated carbocycles. The summed E-state index contributed by atoms with van der Waals surface area (Å²) in [5, 5.41) is 3.10. The van der Waals surface area contributed by atoms with E-state index in [2.05, 4.69) is 17.2 Å². The largest absolute Gasteiger partial charge is 0.341 e. The summed E-state index contributed by atoms with van der Waals surface area (Å²) in [7, 11) is 0. The summed E-state index contributed by atoms with van der Waals surface area (Å²) in [6.07, 6.45) is 2.29. The van der Waals surface area contributed by atoms with Gasteiger partial charge in [0.15, 0.2) is 0 Å². The van der Waals surface area contributed by atoms with E-state index >= 15 is 0 Å². The van der Waals surface area contributed by atoms with Crippen LogP contribution in [0.4, 0.5) is 0 Å². The Morgan fingerprint density at radius 3 is 2.71 bits per heavy atom. The van der Waals surface area contributed by atoms with Crippen molar-refractivity contribution < 1.29 is 4.79 Å². The van der Waals surface area contributed by atoms with Gasteiger partial charge < -0.3 is 4.90 Å². The van der Waals surface area contributed by atoms with Crippen molar-refractivity contribution in [3.05, 3.63) is 0 Å². The third kappa shape index (κ3) is 3.04. The van der Waals surface area contributed by atoms with Crippen molar-refractivity contribution in [1.82, 2.24) is 10.2 Å². The number of amides is 1. The molecule has 1 heterocycles. The fraction of sp³-hybridized carbons (Fsp3) is 0.727. The number of rotatable bonds is 3. The average molecular weight is 194 g/mol. The van der Waals surface area contributed by atoms with E-state index in [4.69, 9.17) is 0 Å². The normalized spacial score (nSPS) is 17.4. The topological polar surface area (TPSA) is 32.3 Å². The molecule has 1 aliphatic heterocycles. The minimum atomic E-state index is -0.103. The highest BCUT2D eigenvalue weighted by Gasteiger charge is 2.22. The Hall–Kier alpha value is -1.01. The maximum absolute atomic E-state index is 11.8. The van der Waals surface area contributed by atoms with E-state index in [1.54, 1.807) is 6.92 Å². The van der Waals surface area contributed by atoms with Gasteiger partial charge in [-0.2, -0.15) is 0 Å². The Balaban J connectivity index is 2.30. The number of carbonyl (C=O) groups is 1. The van der Waals surface area contributed by atoms with Crippen LogP contribution in [0.3, 0.4) is 0 Å². The summed E-state index contributed by atoms with van der Waals surface area (Å²) in [5.74, 6) is 5.90. The summed E-state index contributed by atoms with van der Waals surface area (Å²) in [6, 6.07) is -0.103. The van der Waals surface area contributed by atoms with Gasteiger partial charge in [0, 0.05) is 13.1 Å². The van der Waals surface area contributed by atoms with Gasteiger partial charge in [-0.05, 0) is 26.7 Å².